The molecule has 0 aliphatic carbocycles. The maximum atomic E-state index is 5.01. The van der Waals surface area contributed by atoms with E-state index in [1.54, 1.807) is 0 Å². The maximum Gasteiger partial charge on any atom is 0.193 e. The lowest BCUT2D eigenvalue weighted by Gasteiger charge is -2.29. The fraction of sp³-hybridized carbons (Fsp3) is 0.947. The molecule has 0 saturated carbocycles. The van der Waals surface area contributed by atoms with Crippen LogP contribution in [-0.4, -0.2) is 73.1 Å². The molecule has 0 aromatic heterocycles. The van der Waals surface area contributed by atoms with Crippen molar-refractivity contribution in [1.29, 1.82) is 0 Å². The average Bonchev–Trinajstić information content (AvgIpc) is 3.09. The second-order valence-corrected chi connectivity index (χ2v) is 8.94. The Morgan fingerprint density at radius 1 is 1.04 bits per heavy atom. The van der Waals surface area contributed by atoms with E-state index in [9.17, 15) is 0 Å². The quantitative estimate of drug-likeness (QED) is 0.371. The number of likely N-dealkylation sites (tertiary alicyclic amines) is 2. The molecule has 0 radical (unpaired) electrons. The van der Waals surface area contributed by atoms with Crippen molar-refractivity contribution in [2.45, 2.75) is 45.4 Å². The largest absolute Gasteiger partial charge is 0.357 e. The minimum atomic E-state index is 0. The third-order valence-electron chi connectivity index (χ3n) is 5.73. The molecule has 0 aromatic carbocycles. The van der Waals surface area contributed by atoms with Crippen LogP contribution in [0.25, 0.3) is 0 Å². The van der Waals surface area contributed by atoms with Crippen LogP contribution in [0.2, 0.25) is 0 Å². The number of piperidine rings is 1. The van der Waals surface area contributed by atoms with Crippen molar-refractivity contribution in [3.8, 4) is 0 Å². The number of nitrogens with zero attached hydrogens (tertiary/aromatic N) is 3. The van der Waals surface area contributed by atoms with Gasteiger partial charge >= 0.3 is 0 Å². The number of thioether (sulfide) groups is 1. The Hall–Kier alpha value is 0.310. The molecule has 4 nitrogen and oxygen atoms in total. The van der Waals surface area contributed by atoms with E-state index < -0.39 is 0 Å². The van der Waals surface area contributed by atoms with Crippen LogP contribution in [0.5, 0.6) is 0 Å². The van der Waals surface area contributed by atoms with Crippen LogP contribution in [0, 0.1) is 11.8 Å². The summed E-state index contributed by atoms with van der Waals surface area (Å²) in [6.45, 7) is 10.5. The highest BCUT2D eigenvalue weighted by Crippen LogP contribution is 2.23. The molecule has 3 aliphatic heterocycles. The number of rotatable bonds is 5. The zero-order chi connectivity index (χ0) is 16.6. The number of hydrogen-bond acceptors (Lipinski definition) is 3. The molecule has 1 atom stereocenters. The van der Waals surface area contributed by atoms with E-state index >= 15 is 0 Å². The van der Waals surface area contributed by atoms with Crippen LogP contribution >= 0.6 is 35.7 Å². The molecule has 1 unspecified atom stereocenters. The minimum Gasteiger partial charge on any atom is -0.357 e. The number of hydrogen-bond donors (Lipinski definition) is 1. The predicted molar refractivity (Wildman–Crippen MR) is 121 cm³/mol. The SMILES string of the molecule is CCNC(=NCC1CCSCC1)N1CCC(CN2CCCCC2)C1.I. The van der Waals surface area contributed by atoms with Crippen LogP contribution in [0.4, 0.5) is 0 Å². The lowest BCUT2D eigenvalue weighted by atomic mass is 10.0. The normalized spacial score (nSPS) is 26.5. The van der Waals surface area contributed by atoms with Gasteiger partial charge in [-0.05, 0) is 75.5 Å². The van der Waals surface area contributed by atoms with Gasteiger partial charge in [-0.3, -0.25) is 4.99 Å². The number of guanidine groups is 1. The molecule has 1 N–H and O–H groups in total. The summed E-state index contributed by atoms with van der Waals surface area (Å²) >= 11 is 2.11. The summed E-state index contributed by atoms with van der Waals surface area (Å²) in [6.07, 6.45) is 8.28. The van der Waals surface area contributed by atoms with Crippen molar-refractivity contribution in [2.24, 2.45) is 16.8 Å². The topological polar surface area (TPSA) is 30.9 Å². The van der Waals surface area contributed by atoms with Crippen molar-refractivity contribution in [2.75, 3.05) is 57.3 Å². The molecule has 0 amide bonds. The molecule has 6 heteroatoms. The monoisotopic (exact) mass is 480 g/mol. The molecule has 0 bridgehead atoms. The molecular formula is C19H37IN4S. The van der Waals surface area contributed by atoms with E-state index in [0.29, 0.717) is 0 Å². The van der Waals surface area contributed by atoms with Crippen molar-refractivity contribution in [3.05, 3.63) is 0 Å². The summed E-state index contributed by atoms with van der Waals surface area (Å²) in [7, 11) is 0. The van der Waals surface area contributed by atoms with Crippen molar-refractivity contribution in [3.63, 3.8) is 0 Å². The van der Waals surface area contributed by atoms with E-state index in [2.05, 4.69) is 33.8 Å². The van der Waals surface area contributed by atoms with Crippen molar-refractivity contribution >= 4 is 41.7 Å². The van der Waals surface area contributed by atoms with Gasteiger partial charge in [-0.25, -0.2) is 0 Å². The van der Waals surface area contributed by atoms with E-state index in [0.717, 1.165) is 24.9 Å². The molecule has 25 heavy (non-hydrogen) atoms. The zero-order valence-corrected chi connectivity index (χ0v) is 19.1. The van der Waals surface area contributed by atoms with Gasteiger partial charge in [-0.15, -0.1) is 24.0 Å². The van der Waals surface area contributed by atoms with Gasteiger partial charge < -0.3 is 15.1 Å². The lowest BCUT2D eigenvalue weighted by molar-refractivity contribution is 0.198. The van der Waals surface area contributed by atoms with E-state index in [4.69, 9.17) is 4.99 Å². The Morgan fingerprint density at radius 3 is 2.52 bits per heavy atom. The molecule has 3 saturated heterocycles. The first-order chi connectivity index (χ1) is 11.8. The van der Waals surface area contributed by atoms with Gasteiger partial charge in [0, 0.05) is 32.7 Å². The summed E-state index contributed by atoms with van der Waals surface area (Å²) in [5.74, 6) is 5.48. The highest BCUT2D eigenvalue weighted by Gasteiger charge is 2.27. The summed E-state index contributed by atoms with van der Waals surface area (Å²) in [5.41, 5.74) is 0. The van der Waals surface area contributed by atoms with Crippen molar-refractivity contribution < 1.29 is 0 Å². The predicted octanol–water partition coefficient (Wildman–Crippen LogP) is 3.52. The Kier molecular flexibility index (Phi) is 10.3. The summed E-state index contributed by atoms with van der Waals surface area (Å²) in [6, 6.07) is 0. The van der Waals surface area contributed by atoms with Gasteiger partial charge in [0.05, 0.1) is 0 Å². The smallest absolute Gasteiger partial charge is 0.193 e. The summed E-state index contributed by atoms with van der Waals surface area (Å²) < 4.78 is 0. The number of nitrogens with one attached hydrogen (secondary N) is 1. The third kappa shape index (κ3) is 7.09. The Bertz CT molecular complexity index is 395. The molecule has 3 aliphatic rings. The minimum absolute atomic E-state index is 0. The van der Waals surface area contributed by atoms with E-state index in [-0.39, 0.29) is 24.0 Å². The molecule has 3 heterocycles. The van der Waals surface area contributed by atoms with Gasteiger partial charge in [0.25, 0.3) is 0 Å². The fourth-order valence-corrected chi connectivity index (χ4v) is 5.46. The highest BCUT2D eigenvalue weighted by atomic mass is 127. The van der Waals surface area contributed by atoms with Crippen LogP contribution in [0.3, 0.4) is 0 Å². The Labute approximate surface area is 176 Å². The first-order valence-corrected chi connectivity index (χ1v) is 11.3. The molecular weight excluding hydrogens is 443 g/mol. The molecule has 0 aromatic rings. The van der Waals surface area contributed by atoms with Gasteiger partial charge in [-0.2, -0.15) is 11.8 Å². The summed E-state index contributed by atoms with van der Waals surface area (Å²) in [5, 5.41) is 3.55. The fourth-order valence-electron chi connectivity index (χ4n) is 4.25. The zero-order valence-electron chi connectivity index (χ0n) is 15.9. The second-order valence-electron chi connectivity index (χ2n) is 7.71. The number of halogens is 1. The van der Waals surface area contributed by atoms with Crippen LogP contribution in [-0.2, 0) is 0 Å². The molecule has 146 valence electrons. The Balaban J connectivity index is 0.00000225. The third-order valence-corrected chi connectivity index (χ3v) is 6.77. The highest BCUT2D eigenvalue weighted by molar-refractivity contribution is 14.0. The van der Waals surface area contributed by atoms with Gasteiger partial charge in [0.15, 0.2) is 5.96 Å². The standard InChI is InChI=1S/C19H36N4S.HI/c1-2-20-19(21-14-17-7-12-24-13-8-17)23-11-6-18(16-23)15-22-9-4-3-5-10-22;/h17-18H,2-16H2,1H3,(H,20,21);1H. The van der Waals surface area contributed by atoms with Crippen LogP contribution in [0.15, 0.2) is 4.99 Å². The molecule has 3 fully saturated rings. The molecule has 0 spiro atoms. The van der Waals surface area contributed by atoms with Gasteiger partial charge in [0.1, 0.15) is 0 Å². The van der Waals surface area contributed by atoms with Gasteiger partial charge in [-0.1, -0.05) is 6.42 Å². The molecule has 3 rings (SSSR count). The van der Waals surface area contributed by atoms with Gasteiger partial charge in [0.2, 0.25) is 0 Å². The van der Waals surface area contributed by atoms with Crippen LogP contribution < -0.4 is 5.32 Å². The number of aliphatic imine (C=N–C) groups is 1. The lowest BCUT2D eigenvalue weighted by Crippen LogP contribution is -2.41. The van der Waals surface area contributed by atoms with E-state index in [1.165, 1.54) is 88.7 Å². The average molecular weight is 481 g/mol. The van der Waals surface area contributed by atoms with Crippen molar-refractivity contribution in [1.82, 2.24) is 15.1 Å². The maximum absolute atomic E-state index is 5.01. The first kappa shape index (κ1) is 21.6. The first-order valence-electron chi connectivity index (χ1n) is 10.2. The summed E-state index contributed by atoms with van der Waals surface area (Å²) in [4.78, 5) is 10.2. The second kappa shape index (κ2) is 11.9. The Morgan fingerprint density at radius 2 is 1.80 bits per heavy atom. The van der Waals surface area contributed by atoms with E-state index in [1.807, 2.05) is 0 Å². The van der Waals surface area contributed by atoms with Crippen LogP contribution in [0.1, 0.15) is 45.4 Å².